The predicted octanol–water partition coefficient (Wildman–Crippen LogP) is 0.964. The van der Waals surface area contributed by atoms with E-state index in [1.54, 1.807) is 0 Å². The Kier molecular flexibility index (Phi) is 4.08. The molecule has 1 aromatic carbocycles. The Morgan fingerprint density at radius 1 is 1.35 bits per heavy atom. The average molecular weight is 248 g/mol. The monoisotopic (exact) mass is 248 g/mol. The zero-order chi connectivity index (χ0) is 13.1. The van der Waals surface area contributed by atoms with Crippen LogP contribution in [0.3, 0.4) is 0 Å². The maximum Gasteiger partial charge on any atom is 0.416 e. The fraction of sp³-hybridized carbons (Fsp3) is 0.300. The van der Waals surface area contributed by atoms with Crippen LogP contribution in [0.25, 0.3) is 0 Å². The van der Waals surface area contributed by atoms with E-state index in [1.165, 1.54) is 0 Å². The molecule has 1 amide bonds. The van der Waals surface area contributed by atoms with Crippen molar-refractivity contribution in [1.29, 1.82) is 0 Å². The van der Waals surface area contributed by atoms with Crippen molar-refractivity contribution in [2.75, 3.05) is 11.9 Å². The molecule has 0 saturated carbocycles. The minimum atomic E-state index is -4.42. The Morgan fingerprint density at radius 2 is 1.88 bits per heavy atom. The molecule has 0 spiro atoms. The minimum Gasteiger partial charge on any atom is -0.382 e. The summed E-state index contributed by atoms with van der Waals surface area (Å²) >= 11 is 0. The first kappa shape index (κ1) is 13.5. The van der Waals surface area contributed by atoms with Gasteiger partial charge in [-0.15, -0.1) is 0 Å². The van der Waals surface area contributed by atoms with E-state index in [-0.39, 0.29) is 12.2 Å². The van der Waals surface area contributed by atoms with Gasteiger partial charge in [-0.25, -0.2) is 0 Å². The number of anilines is 1. The van der Waals surface area contributed by atoms with Crippen molar-refractivity contribution in [3.05, 3.63) is 29.8 Å². The van der Waals surface area contributed by atoms with E-state index in [9.17, 15) is 18.0 Å². The summed E-state index contributed by atoms with van der Waals surface area (Å²) in [7, 11) is 0. The first-order valence-electron chi connectivity index (χ1n) is 4.71. The number of alkyl halides is 3. The summed E-state index contributed by atoms with van der Waals surface area (Å²) < 4.78 is 36.7. The summed E-state index contributed by atoms with van der Waals surface area (Å²) in [4.78, 5) is 11.2. The number of rotatable bonds is 3. The first-order chi connectivity index (χ1) is 7.84. The fourth-order valence-electron chi connectivity index (χ4n) is 1.08. The van der Waals surface area contributed by atoms with E-state index >= 15 is 0 Å². The van der Waals surface area contributed by atoms with Crippen molar-refractivity contribution >= 4 is 11.6 Å². The highest BCUT2D eigenvalue weighted by molar-refractivity contribution is 5.94. The van der Waals surface area contributed by atoms with E-state index in [0.717, 1.165) is 24.3 Å². The van der Waals surface area contributed by atoms with Crippen LogP contribution in [0.5, 0.6) is 0 Å². The third-order valence-corrected chi connectivity index (χ3v) is 2.01. The third kappa shape index (κ3) is 3.72. The molecule has 1 atom stereocenters. The maximum atomic E-state index is 12.2. The molecule has 0 heterocycles. The first-order valence-corrected chi connectivity index (χ1v) is 4.71. The lowest BCUT2D eigenvalue weighted by molar-refractivity contribution is -0.137. The van der Waals surface area contributed by atoms with Crippen LogP contribution in [0, 0.1) is 0 Å². The van der Waals surface area contributed by atoms with Gasteiger partial charge in [0.05, 0.1) is 5.56 Å². The van der Waals surface area contributed by atoms with E-state index in [0.29, 0.717) is 0 Å². The second-order valence-electron chi connectivity index (χ2n) is 3.32. The molecule has 1 aromatic rings. The molecule has 94 valence electrons. The predicted molar refractivity (Wildman–Crippen MR) is 55.1 cm³/mol. The molecule has 4 nitrogen and oxygen atoms in total. The van der Waals surface area contributed by atoms with Crippen LogP contribution >= 0.6 is 0 Å². The number of carbonyl (C=O) groups is 1. The highest BCUT2D eigenvalue weighted by Crippen LogP contribution is 2.29. The molecule has 1 unspecified atom stereocenters. The van der Waals surface area contributed by atoms with Gasteiger partial charge in [0.2, 0.25) is 0 Å². The second kappa shape index (κ2) is 5.15. The maximum absolute atomic E-state index is 12.2. The largest absolute Gasteiger partial charge is 0.416 e. The zero-order valence-electron chi connectivity index (χ0n) is 8.66. The lowest BCUT2D eigenvalue weighted by Gasteiger charge is -2.10. The van der Waals surface area contributed by atoms with Gasteiger partial charge in [-0.2, -0.15) is 13.2 Å². The molecule has 7 heteroatoms. The minimum absolute atomic E-state index is 0.163. The number of aliphatic hydroxyl groups is 1. The van der Waals surface area contributed by atoms with Crippen molar-refractivity contribution in [1.82, 2.24) is 0 Å². The molecule has 0 bridgehead atoms. The van der Waals surface area contributed by atoms with Gasteiger partial charge in [0.1, 0.15) is 6.10 Å². The highest BCUT2D eigenvalue weighted by atomic mass is 19.4. The molecule has 0 radical (unpaired) electrons. The molecular weight excluding hydrogens is 237 g/mol. The molecule has 0 saturated heterocycles. The Hall–Kier alpha value is -1.60. The molecule has 0 fully saturated rings. The van der Waals surface area contributed by atoms with Crippen LogP contribution in [0.15, 0.2) is 24.3 Å². The van der Waals surface area contributed by atoms with Gasteiger partial charge in [-0.3, -0.25) is 4.79 Å². The third-order valence-electron chi connectivity index (χ3n) is 2.01. The smallest absolute Gasteiger partial charge is 0.382 e. The van der Waals surface area contributed by atoms with Crippen LogP contribution in [0.2, 0.25) is 0 Å². The molecule has 17 heavy (non-hydrogen) atoms. The summed E-state index contributed by atoms with van der Waals surface area (Å²) in [5.74, 6) is -0.757. The topological polar surface area (TPSA) is 75.3 Å². The van der Waals surface area contributed by atoms with E-state index in [1.807, 2.05) is 0 Å². The van der Waals surface area contributed by atoms with Crippen LogP contribution in [-0.2, 0) is 11.0 Å². The van der Waals surface area contributed by atoms with E-state index in [4.69, 9.17) is 10.8 Å². The van der Waals surface area contributed by atoms with Gasteiger partial charge in [0.15, 0.2) is 0 Å². The van der Waals surface area contributed by atoms with Gasteiger partial charge >= 0.3 is 6.18 Å². The van der Waals surface area contributed by atoms with Crippen LogP contribution < -0.4 is 11.1 Å². The average Bonchev–Trinajstić information content (AvgIpc) is 2.27. The van der Waals surface area contributed by atoms with Gasteiger partial charge in [-0.05, 0) is 24.3 Å². The van der Waals surface area contributed by atoms with Crippen LogP contribution in [0.4, 0.5) is 18.9 Å². The normalized spacial score (nSPS) is 13.2. The molecular formula is C10H11F3N2O2. The quantitative estimate of drug-likeness (QED) is 0.745. The van der Waals surface area contributed by atoms with Crippen LogP contribution in [-0.4, -0.2) is 23.7 Å². The molecule has 4 N–H and O–H groups in total. The van der Waals surface area contributed by atoms with E-state index in [2.05, 4.69) is 5.32 Å². The number of nitrogens with one attached hydrogen (secondary N) is 1. The number of amides is 1. The fourth-order valence-corrected chi connectivity index (χ4v) is 1.08. The van der Waals surface area contributed by atoms with Gasteiger partial charge in [0, 0.05) is 12.2 Å². The highest BCUT2D eigenvalue weighted by Gasteiger charge is 2.30. The van der Waals surface area contributed by atoms with E-state index < -0.39 is 23.8 Å². The lowest BCUT2D eigenvalue weighted by atomic mass is 10.2. The number of aliphatic hydroxyl groups excluding tert-OH is 1. The van der Waals surface area contributed by atoms with Gasteiger partial charge < -0.3 is 16.2 Å². The van der Waals surface area contributed by atoms with Gasteiger partial charge in [0.25, 0.3) is 5.91 Å². The Labute approximate surface area is 95.2 Å². The number of carbonyl (C=O) groups excluding carboxylic acids is 1. The summed E-state index contributed by atoms with van der Waals surface area (Å²) in [6.07, 6.45) is -5.79. The molecule has 0 aliphatic heterocycles. The number of nitrogens with two attached hydrogens (primary N) is 1. The lowest BCUT2D eigenvalue weighted by Crippen LogP contribution is -2.34. The Morgan fingerprint density at radius 3 is 2.29 bits per heavy atom. The molecule has 0 aliphatic carbocycles. The zero-order valence-corrected chi connectivity index (χ0v) is 8.66. The molecule has 1 rings (SSSR count). The Bertz CT molecular complexity index is 390. The molecule has 0 aromatic heterocycles. The van der Waals surface area contributed by atoms with Crippen molar-refractivity contribution in [3.8, 4) is 0 Å². The number of halogens is 3. The van der Waals surface area contributed by atoms with Crippen LogP contribution in [0.1, 0.15) is 5.56 Å². The summed E-state index contributed by atoms with van der Waals surface area (Å²) in [5, 5.41) is 11.3. The van der Waals surface area contributed by atoms with Crippen molar-refractivity contribution < 1.29 is 23.1 Å². The van der Waals surface area contributed by atoms with Gasteiger partial charge in [-0.1, -0.05) is 0 Å². The molecule has 0 aliphatic rings. The SMILES string of the molecule is NCC(O)C(=O)Nc1ccc(C(F)(F)F)cc1. The summed E-state index contributed by atoms with van der Waals surface area (Å²) in [5.41, 5.74) is 4.40. The number of benzene rings is 1. The second-order valence-corrected chi connectivity index (χ2v) is 3.32. The van der Waals surface area contributed by atoms with Crippen molar-refractivity contribution in [2.24, 2.45) is 5.73 Å². The Balaban J connectivity index is 2.73. The summed E-state index contributed by atoms with van der Waals surface area (Å²) in [6, 6.07) is 3.88. The number of hydrogen-bond acceptors (Lipinski definition) is 3. The number of hydrogen-bond donors (Lipinski definition) is 3. The summed E-state index contributed by atoms with van der Waals surface area (Å²) in [6.45, 7) is -0.257. The van der Waals surface area contributed by atoms with Crippen molar-refractivity contribution in [2.45, 2.75) is 12.3 Å². The standard InChI is InChI=1S/C10H11F3N2O2/c11-10(12,13)6-1-3-7(4-2-6)15-9(17)8(16)5-14/h1-4,8,16H,5,14H2,(H,15,17). The van der Waals surface area contributed by atoms with Crippen molar-refractivity contribution in [3.63, 3.8) is 0 Å².